The van der Waals surface area contributed by atoms with Gasteiger partial charge >= 0.3 is 5.97 Å². The predicted molar refractivity (Wildman–Crippen MR) is 78.4 cm³/mol. The minimum Gasteiger partial charge on any atom is -0.468 e. The molecule has 0 bridgehead atoms. The van der Waals surface area contributed by atoms with E-state index in [1.54, 1.807) is 6.92 Å². The van der Waals surface area contributed by atoms with Crippen LogP contribution in [0.2, 0.25) is 0 Å². The van der Waals surface area contributed by atoms with Gasteiger partial charge in [-0.15, -0.1) is 0 Å². The van der Waals surface area contributed by atoms with Crippen LogP contribution in [0, 0.1) is 0 Å². The van der Waals surface area contributed by atoms with Gasteiger partial charge in [0.15, 0.2) is 9.84 Å². The monoisotopic (exact) mass is 306 g/mol. The van der Waals surface area contributed by atoms with E-state index in [9.17, 15) is 13.2 Å². The summed E-state index contributed by atoms with van der Waals surface area (Å²) in [6.45, 7) is 7.34. The lowest BCUT2D eigenvalue weighted by molar-refractivity contribution is -0.149. The lowest BCUT2D eigenvalue weighted by atomic mass is 10.00. The summed E-state index contributed by atoms with van der Waals surface area (Å²) in [7, 11) is -1.56. The summed E-state index contributed by atoms with van der Waals surface area (Å²) in [6.07, 6.45) is 0.612. The molecule has 1 unspecified atom stereocenters. The van der Waals surface area contributed by atoms with E-state index in [1.165, 1.54) is 7.11 Å². The van der Waals surface area contributed by atoms with Crippen LogP contribution < -0.4 is 5.32 Å². The Hall–Kier alpha value is -0.660. The maximum Gasteiger partial charge on any atom is 0.327 e. The second-order valence-corrected chi connectivity index (χ2v) is 8.21. The molecule has 1 rings (SSSR count). The standard InChI is InChI=1S/C13H26N2O4S/c1-11(2)14-13(3,12(16)19-4)10-15-6-5-8-20(17,18)9-7-15/h11,14H,5-10H2,1-4H3. The van der Waals surface area contributed by atoms with Gasteiger partial charge in [0.05, 0.1) is 18.6 Å². The number of ether oxygens (including phenoxy) is 1. The molecule has 7 heteroatoms. The van der Waals surface area contributed by atoms with E-state index in [2.05, 4.69) is 5.32 Å². The van der Waals surface area contributed by atoms with Crippen molar-refractivity contribution in [1.29, 1.82) is 0 Å². The average Bonchev–Trinajstić information content (AvgIpc) is 2.49. The summed E-state index contributed by atoms with van der Waals surface area (Å²) in [6, 6.07) is 0.134. The maximum absolute atomic E-state index is 12.0. The molecule has 1 heterocycles. The second kappa shape index (κ2) is 6.87. The van der Waals surface area contributed by atoms with Gasteiger partial charge in [0.1, 0.15) is 5.54 Å². The molecule has 0 spiro atoms. The van der Waals surface area contributed by atoms with E-state index in [1.807, 2.05) is 18.7 Å². The zero-order chi connectivity index (χ0) is 15.4. The summed E-state index contributed by atoms with van der Waals surface area (Å²) in [5.74, 6) is 0.0698. The fraction of sp³-hybridized carbons (Fsp3) is 0.923. The van der Waals surface area contributed by atoms with Crippen LogP contribution in [-0.4, -0.2) is 69.1 Å². The first kappa shape index (κ1) is 17.4. The molecule has 1 aliphatic rings. The van der Waals surface area contributed by atoms with Crippen LogP contribution in [0.25, 0.3) is 0 Å². The minimum absolute atomic E-state index is 0.134. The molecule has 0 radical (unpaired) electrons. The van der Waals surface area contributed by atoms with Crippen LogP contribution >= 0.6 is 0 Å². The van der Waals surface area contributed by atoms with Crippen LogP contribution in [0.4, 0.5) is 0 Å². The molecule has 1 saturated heterocycles. The number of nitrogens with one attached hydrogen (secondary N) is 1. The van der Waals surface area contributed by atoms with Crippen molar-refractivity contribution in [3.63, 3.8) is 0 Å². The molecule has 0 amide bonds. The Morgan fingerprint density at radius 1 is 1.35 bits per heavy atom. The van der Waals surface area contributed by atoms with Gasteiger partial charge in [-0.2, -0.15) is 0 Å². The Morgan fingerprint density at radius 3 is 2.55 bits per heavy atom. The van der Waals surface area contributed by atoms with Gasteiger partial charge < -0.3 is 4.74 Å². The van der Waals surface area contributed by atoms with Gasteiger partial charge in [-0.3, -0.25) is 15.0 Å². The Bertz CT molecular complexity index is 436. The Balaban J connectivity index is 2.77. The van der Waals surface area contributed by atoms with Crippen molar-refractivity contribution in [3.8, 4) is 0 Å². The Labute approximate surface area is 121 Å². The van der Waals surface area contributed by atoms with E-state index in [4.69, 9.17) is 4.74 Å². The maximum atomic E-state index is 12.0. The Morgan fingerprint density at radius 2 is 2.00 bits per heavy atom. The first-order valence-corrected chi connectivity index (χ1v) is 8.79. The molecular formula is C13H26N2O4S. The van der Waals surface area contributed by atoms with Crippen LogP contribution in [0.3, 0.4) is 0 Å². The highest BCUT2D eigenvalue weighted by Gasteiger charge is 2.37. The van der Waals surface area contributed by atoms with Crippen LogP contribution in [0.1, 0.15) is 27.2 Å². The first-order chi connectivity index (χ1) is 9.18. The number of sulfone groups is 1. The van der Waals surface area contributed by atoms with Gasteiger partial charge in [0.2, 0.25) is 0 Å². The summed E-state index contributed by atoms with van der Waals surface area (Å²) in [4.78, 5) is 14.1. The molecule has 1 fully saturated rings. The van der Waals surface area contributed by atoms with E-state index in [0.29, 0.717) is 26.1 Å². The number of hydrogen-bond donors (Lipinski definition) is 1. The number of methoxy groups -OCH3 is 1. The molecule has 20 heavy (non-hydrogen) atoms. The van der Waals surface area contributed by atoms with Crippen LogP contribution in [0.5, 0.6) is 0 Å². The van der Waals surface area contributed by atoms with Crippen LogP contribution in [0.15, 0.2) is 0 Å². The zero-order valence-corrected chi connectivity index (χ0v) is 13.6. The lowest BCUT2D eigenvalue weighted by Crippen LogP contribution is -2.59. The fourth-order valence-electron chi connectivity index (χ4n) is 2.63. The molecule has 0 aromatic carbocycles. The molecule has 0 saturated carbocycles. The van der Waals surface area contributed by atoms with Gasteiger partial charge in [0.25, 0.3) is 0 Å². The van der Waals surface area contributed by atoms with E-state index in [0.717, 1.165) is 0 Å². The van der Waals surface area contributed by atoms with Gasteiger partial charge in [-0.25, -0.2) is 8.42 Å². The highest BCUT2D eigenvalue weighted by molar-refractivity contribution is 7.91. The van der Waals surface area contributed by atoms with Crippen molar-refractivity contribution < 1.29 is 17.9 Å². The second-order valence-electron chi connectivity index (χ2n) is 5.90. The number of hydrogen-bond acceptors (Lipinski definition) is 6. The van der Waals surface area contributed by atoms with E-state index in [-0.39, 0.29) is 23.5 Å². The van der Waals surface area contributed by atoms with Gasteiger partial charge in [0, 0.05) is 19.1 Å². The van der Waals surface area contributed by atoms with Crippen molar-refractivity contribution >= 4 is 15.8 Å². The third-order valence-corrected chi connectivity index (χ3v) is 5.15. The topological polar surface area (TPSA) is 75.7 Å². The van der Waals surface area contributed by atoms with Crippen molar-refractivity contribution in [2.75, 3.05) is 38.2 Å². The predicted octanol–water partition coefficient (Wildman–Crippen LogP) is 0.0366. The van der Waals surface area contributed by atoms with Crippen molar-refractivity contribution in [2.24, 2.45) is 0 Å². The largest absolute Gasteiger partial charge is 0.468 e. The summed E-state index contributed by atoms with van der Waals surface area (Å²) < 4.78 is 28.1. The van der Waals surface area contributed by atoms with Gasteiger partial charge in [-0.05, 0) is 33.7 Å². The lowest BCUT2D eigenvalue weighted by Gasteiger charge is -2.35. The molecule has 0 aromatic heterocycles. The SMILES string of the molecule is COC(=O)C(C)(CN1CCCS(=O)(=O)CC1)NC(C)C. The number of carbonyl (C=O) groups excluding carboxylic acids is 1. The molecule has 6 nitrogen and oxygen atoms in total. The number of carbonyl (C=O) groups is 1. The Kier molecular flexibility index (Phi) is 5.97. The van der Waals surface area contributed by atoms with Gasteiger partial charge in [-0.1, -0.05) is 0 Å². The molecule has 1 N–H and O–H groups in total. The molecular weight excluding hydrogens is 280 g/mol. The third kappa shape index (κ3) is 5.03. The summed E-state index contributed by atoms with van der Waals surface area (Å²) >= 11 is 0. The normalized spacial score (nSPS) is 23.1. The first-order valence-electron chi connectivity index (χ1n) is 6.97. The average molecular weight is 306 g/mol. The fourth-order valence-corrected chi connectivity index (χ4v) is 3.94. The molecule has 0 aromatic rings. The quantitative estimate of drug-likeness (QED) is 0.723. The third-order valence-electron chi connectivity index (χ3n) is 3.43. The summed E-state index contributed by atoms with van der Waals surface area (Å²) in [5.41, 5.74) is -0.822. The van der Waals surface area contributed by atoms with E-state index >= 15 is 0 Å². The number of nitrogens with zero attached hydrogens (tertiary/aromatic N) is 1. The molecule has 118 valence electrons. The van der Waals surface area contributed by atoms with Crippen molar-refractivity contribution in [1.82, 2.24) is 10.2 Å². The number of esters is 1. The van der Waals surface area contributed by atoms with Crippen molar-refractivity contribution in [2.45, 2.75) is 38.8 Å². The summed E-state index contributed by atoms with van der Waals surface area (Å²) in [5, 5.41) is 3.23. The van der Waals surface area contributed by atoms with Crippen molar-refractivity contribution in [3.05, 3.63) is 0 Å². The van der Waals surface area contributed by atoms with E-state index < -0.39 is 15.4 Å². The number of rotatable bonds is 5. The van der Waals surface area contributed by atoms with Crippen LogP contribution in [-0.2, 0) is 19.4 Å². The molecule has 1 aliphatic heterocycles. The smallest absolute Gasteiger partial charge is 0.327 e. The molecule has 1 atom stereocenters. The minimum atomic E-state index is -2.93. The zero-order valence-electron chi connectivity index (χ0n) is 12.8. The molecule has 0 aliphatic carbocycles. The highest BCUT2D eigenvalue weighted by atomic mass is 32.2. The highest BCUT2D eigenvalue weighted by Crippen LogP contribution is 2.14.